The van der Waals surface area contributed by atoms with Crippen LogP contribution in [0.4, 0.5) is 0 Å². The summed E-state index contributed by atoms with van der Waals surface area (Å²) in [7, 11) is 3.31. The minimum Gasteiger partial charge on any atom is -0.478 e. The monoisotopic (exact) mass is 283 g/mol. The summed E-state index contributed by atoms with van der Waals surface area (Å²) < 4.78 is 0. The largest absolute Gasteiger partial charge is 0.478 e. The number of aromatic nitrogens is 2. The number of thioether (sulfide) groups is 1. The van der Waals surface area contributed by atoms with Crippen LogP contribution >= 0.6 is 11.8 Å². The van der Waals surface area contributed by atoms with Gasteiger partial charge >= 0.3 is 5.97 Å². The van der Waals surface area contributed by atoms with Crippen molar-refractivity contribution < 1.29 is 14.7 Å². The van der Waals surface area contributed by atoms with E-state index >= 15 is 0 Å². The zero-order valence-electron chi connectivity index (χ0n) is 11.4. The smallest absolute Gasteiger partial charge is 0.340 e. The van der Waals surface area contributed by atoms with E-state index in [0.29, 0.717) is 23.0 Å². The molecule has 0 saturated carbocycles. The number of nitrogens with zero attached hydrogens (tertiary/aromatic N) is 3. The number of aryl methyl sites for hydroxylation is 2. The van der Waals surface area contributed by atoms with Crippen molar-refractivity contribution in [3.8, 4) is 0 Å². The molecule has 1 rings (SSSR count). The third kappa shape index (κ3) is 3.92. The van der Waals surface area contributed by atoms with E-state index in [0.717, 1.165) is 11.8 Å². The molecule has 0 saturated heterocycles. The van der Waals surface area contributed by atoms with Crippen molar-refractivity contribution in [3.05, 3.63) is 17.1 Å². The highest BCUT2D eigenvalue weighted by molar-refractivity contribution is 8.00. The number of carbonyl (C=O) groups excluding carboxylic acids is 1. The number of carbonyl (C=O) groups is 2. The molecule has 104 valence electrons. The van der Waals surface area contributed by atoms with Gasteiger partial charge in [-0.2, -0.15) is 0 Å². The maximum Gasteiger partial charge on any atom is 0.340 e. The second-order valence-electron chi connectivity index (χ2n) is 4.14. The Labute approximate surface area is 116 Å². The maximum atomic E-state index is 11.6. The number of aromatic carboxylic acids is 1. The van der Waals surface area contributed by atoms with Gasteiger partial charge in [0.15, 0.2) is 0 Å². The van der Waals surface area contributed by atoms with Gasteiger partial charge in [-0.3, -0.25) is 4.79 Å². The Morgan fingerprint density at radius 3 is 2.42 bits per heavy atom. The quantitative estimate of drug-likeness (QED) is 0.646. The van der Waals surface area contributed by atoms with Gasteiger partial charge in [0.05, 0.1) is 11.4 Å². The van der Waals surface area contributed by atoms with E-state index in [1.54, 1.807) is 21.0 Å². The van der Waals surface area contributed by atoms with Crippen LogP contribution in [0.25, 0.3) is 0 Å². The van der Waals surface area contributed by atoms with Gasteiger partial charge in [0, 0.05) is 20.5 Å². The molecule has 0 atom stereocenters. The third-order valence-electron chi connectivity index (χ3n) is 2.46. The van der Waals surface area contributed by atoms with Crippen LogP contribution in [0, 0.1) is 6.92 Å². The summed E-state index contributed by atoms with van der Waals surface area (Å²) in [4.78, 5) is 32.6. The Morgan fingerprint density at radius 1 is 1.32 bits per heavy atom. The van der Waals surface area contributed by atoms with Crippen LogP contribution in [0.5, 0.6) is 0 Å². The van der Waals surface area contributed by atoms with E-state index in [4.69, 9.17) is 0 Å². The van der Waals surface area contributed by atoms with Gasteiger partial charge in [-0.25, -0.2) is 14.8 Å². The molecular weight excluding hydrogens is 266 g/mol. The van der Waals surface area contributed by atoms with Crippen LogP contribution in [-0.2, 0) is 11.2 Å². The van der Waals surface area contributed by atoms with Crippen LogP contribution in [0.3, 0.4) is 0 Å². The minimum absolute atomic E-state index is 0.0776. The average molecular weight is 283 g/mol. The average Bonchev–Trinajstić information content (AvgIpc) is 2.34. The lowest BCUT2D eigenvalue weighted by atomic mass is 10.2. The molecule has 1 heterocycles. The first-order valence-electron chi connectivity index (χ1n) is 5.80. The van der Waals surface area contributed by atoms with E-state index in [2.05, 4.69) is 9.97 Å². The third-order valence-corrected chi connectivity index (χ3v) is 3.42. The normalized spacial score (nSPS) is 10.3. The number of amides is 1. The zero-order chi connectivity index (χ0) is 14.6. The molecular formula is C12H17N3O3S. The fourth-order valence-corrected chi connectivity index (χ4v) is 2.44. The molecule has 0 radical (unpaired) electrons. The maximum absolute atomic E-state index is 11.6. The molecule has 0 aliphatic heterocycles. The number of carboxylic acid groups (broad SMARTS) is 1. The summed E-state index contributed by atoms with van der Waals surface area (Å²) in [5.74, 6) is -0.412. The van der Waals surface area contributed by atoms with E-state index in [1.165, 1.54) is 4.90 Å². The summed E-state index contributed by atoms with van der Waals surface area (Å²) in [5.41, 5.74) is 0.507. The lowest BCUT2D eigenvalue weighted by Gasteiger charge is -2.12. The van der Waals surface area contributed by atoms with E-state index < -0.39 is 5.97 Å². The minimum atomic E-state index is -1.07. The molecule has 0 unspecified atom stereocenters. The zero-order valence-corrected chi connectivity index (χ0v) is 12.2. The Balaban J connectivity index is 3.06. The fourth-order valence-electron chi connectivity index (χ4n) is 1.37. The van der Waals surface area contributed by atoms with Crippen molar-refractivity contribution in [2.24, 2.45) is 0 Å². The first-order valence-corrected chi connectivity index (χ1v) is 6.79. The molecule has 0 bridgehead atoms. The SMILES string of the molecule is CCc1nc(C)c(C(=O)O)c(SCC(=O)N(C)C)n1. The van der Waals surface area contributed by atoms with Crippen molar-refractivity contribution in [3.63, 3.8) is 0 Å². The lowest BCUT2D eigenvalue weighted by Crippen LogP contribution is -2.23. The molecule has 0 aliphatic carbocycles. The fraction of sp³-hybridized carbons (Fsp3) is 0.500. The molecule has 0 spiro atoms. The molecule has 1 N–H and O–H groups in total. The first-order chi connectivity index (χ1) is 8.86. The summed E-state index contributed by atoms with van der Waals surface area (Å²) in [6.45, 7) is 3.54. The van der Waals surface area contributed by atoms with Crippen molar-refractivity contribution in [2.45, 2.75) is 25.3 Å². The van der Waals surface area contributed by atoms with Crippen molar-refractivity contribution in [1.29, 1.82) is 0 Å². The van der Waals surface area contributed by atoms with Gasteiger partial charge in [-0.15, -0.1) is 0 Å². The molecule has 7 heteroatoms. The molecule has 0 aromatic carbocycles. The molecule has 0 fully saturated rings. The predicted octanol–water partition coefficient (Wildman–Crippen LogP) is 1.23. The predicted molar refractivity (Wildman–Crippen MR) is 72.5 cm³/mol. The van der Waals surface area contributed by atoms with E-state index in [1.807, 2.05) is 6.92 Å². The standard InChI is InChI=1S/C12H17N3O3S/c1-5-8-13-7(2)10(12(17)18)11(14-8)19-6-9(16)15(3)4/h5-6H2,1-4H3,(H,17,18). The van der Waals surface area contributed by atoms with Crippen LogP contribution in [0.15, 0.2) is 5.03 Å². The lowest BCUT2D eigenvalue weighted by molar-refractivity contribution is -0.125. The van der Waals surface area contributed by atoms with Crippen LogP contribution in [0.2, 0.25) is 0 Å². The van der Waals surface area contributed by atoms with Gasteiger partial charge in [-0.1, -0.05) is 18.7 Å². The Hall–Kier alpha value is -1.63. The van der Waals surface area contributed by atoms with Gasteiger partial charge in [0.2, 0.25) is 5.91 Å². The first kappa shape index (κ1) is 15.4. The van der Waals surface area contributed by atoms with Gasteiger partial charge < -0.3 is 10.0 Å². The van der Waals surface area contributed by atoms with E-state index in [-0.39, 0.29) is 17.2 Å². The van der Waals surface area contributed by atoms with Gasteiger partial charge in [-0.05, 0) is 6.92 Å². The molecule has 1 aromatic heterocycles. The summed E-state index contributed by atoms with van der Waals surface area (Å²) >= 11 is 1.13. The topological polar surface area (TPSA) is 83.4 Å². The number of carboxylic acids is 1. The number of rotatable bonds is 5. The highest BCUT2D eigenvalue weighted by Crippen LogP contribution is 2.23. The summed E-state index contributed by atoms with van der Waals surface area (Å²) in [6, 6.07) is 0. The van der Waals surface area contributed by atoms with Crippen molar-refractivity contribution in [2.75, 3.05) is 19.8 Å². The van der Waals surface area contributed by atoms with E-state index in [9.17, 15) is 14.7 Å². The van der Waals surface area contributed by atoms with Crippen LogP contribution in [0.1, 0.15) is 28.8 Å². The second kappa shape index (κ2) is 6.51. The molecule has 0 aliphatic rings. The summed E-state index contributed by atoms with van der Waals surface area (Å²) in [6.07, 6.45) is 0.621. The Bertz CT molecular complexity index is 503. The number of hydrogen-bond donors (Lipinski definition) is 1. The molecule has 1 aromatic rings. The van der Waals surface area contributed by atoms with Crippen molar-refractivity contribution >= 4 is 23.6 Å². The Kier molecular flexibility index (Phi) is 5.29. The highest BCUT2D eigenvalue weighted by atomic mass is 32.2. The Morgan fingerprint density at radius 2 is 1.95 bits per heavy atom. The molecule has 6 nitrogen and oxygen atoms in total. The number of hydrogen-bond acceptors (Lipinski definition) is 5. The van der Waals surface area contributed by atoms with Crippen LogP contribution in [-0.4, -0.2) is 51.7 Å². The van der Waals surface area contributed by atoms with Gasteiger partial charge in [0.1, 0.15) is 16.4 Å². The molecule has 1 amide bonds. The molecule has 19 heavy (non-hydrogen) atoms. The van der Waals surface area contributed by atoms with Gasteiger partial charge in [0.25, 0.3) is 0 Å². The second-order valence-corrected chi connectivity index (χ2v) is 5.10. The summed E-state index contributed by atoms with van der Waals surface area (Å²) in [5, 5.41) is 9.55. The highest BCUT2D eigenvalue weighted by Gasteiger charge is 2.19. The van der Waals surface area contributed by atoms with Crippen molar-refractivity contribution in [1.82, 2.24) is 14.9 Å². The van der Waals surface area contributed by atoms with Crippen LogP contribution < -0.4 is 0 Å².